The zero-order chi connectivity index (χ0) is 24.2. The van der Waals surface area contributed by atoms with E-state index in [0.717, 1.165) is 35.7 Å². The summed E-state index contributed by atoms with van der Waals surface area (Å²) < 4.78 is 24.5. The largest absolute Gasteiger partial charge is 0.497 e. The van der Waals surface area contributed by atoms with E-state index in [1.54, 1.807) is 24.1 Å². The molecule has 1 aromatic heterocycles. The van der Waals surface area contributed by atoms with Gasteiger partial charge in [-0.05, 0) is 29.8 Å². The van der Waals surface area contributed by atoms with E-state index < -0.39 is 0 Å². The van der Waals surface area contributed by atoms with Crippen LogP contribution in [0.15, 0.2) is 48.5 Å². The van der Waals surface area contributed by atoms with Crippen molar-refractivity contribution in [2.45, 2.75) is 19.4 Å². The summed E-state index contributed by atoms with van der Waals surface area (Å²) in [5, 5.41) is 2.96. The van der Waals surface area contributed by atoms with E-state index in [-0.39, 0.29) is 11.8 Å². The smallest absolute Gasteiger partial charge is 0.322 e. The third-order valence-electron chi connectivity index (χ3n) is 6.25. The first-order chi connectivity index (χ1) is 17.1. The second-order valence-corrected chi connectivity index (χ2v) is 8.63. The molecule has 0 radical (unpaired) electrons. The number of nitrogens with zero attached hydrogens (tertiary/aromatic N) is 4. The molecule has 5 rings (SSSR count). The van der Waals surface area contributed by atoms with Gasteiger partial charge in [0.15, 0.2) is 0 Å². The molecule has 2 aromatic carbocycles. The summed E-state index contributed by atoms with van der Waals surface area (Å²) in [4.78, 5) is 26.8. The second-order valence-electron chi connectivity index (χ2n) is 8.63. The molecule has 0 unspecified atom stereocenters. The Morgan fingerprint density at radius 2 is 1.94 bits per heavy atom. The summed E-state index contributed by atoms with van der Waals surface area (Å²) in [7, 11) is 1.60. The van der Waals surface area contributed by atoms with Gasteiger partial charge in [0.1, 0.15) is 23.2 Å². The summed E-state index contributed by atoms with van der Waals surface area (Å²) in [6.07, 6.45) is 1.07. The molecule has 3 heterocycles. The van der Waals surface area contributed by atoms with Gasteiger partial charge in [-0.15, -0.1) is 0 Å². The highest BCUT2D eigenvalue weighted by atomic mass is 19.1. The minimum atomic E-state index is -0.272. The van der Waals surface area contributed by atoms with Crippen LogP contribution in [0, 0.1) is 5.82 Å². The molecule has 0 spiro atoms. The molecule has 182 valence electrons. The molecule has 8 nitrogen and oxygen atoms in total. The Hall–Kier alpha value is -3.72. The molecule has 0 bridgehead atoms. The van der Waals surface area contributed by atoms with E-state index in [9.17, 15) is 9.18 Å². The second kappa shape index (κ2) is 10.3. The average Bonchev–Trinajstić information content (AvgIpc) is 2.88. The fraction of sp³-hybridized carbons (Fsp3) is 0.346. The Morgan fingerprint density at radius 3 is 2.74 bits per heavy atom. The van der Waals surface area contributed by atoms with Gasteiger partial charge < -0.3 is 24.6 Å². The van der Waals surface area contributed by atoms with Crippen LogP contribution >= 0.6 is 0 Å². The molecule has 0 aliphatic carbocycles. The molecule has 3 aromatic rings. The van der Waals surface area contributed by atoms with Crippen LogP contribution < -0.4 is 15.0 Å². The maximum Gasteiger partial charge on any atom is 0.322 e. The summed E-state index contributed by atoms with van der Waals surface area (Å²) in [6.45, 7) is 3.65. The molecule has 0 saturated carbocycles. The molecule has 2 aliphatic heterocycles. The minimum Gasteiger partial charge on any atom is -0.497 e. The highest BCUT2D eigenvalue weighted by Crippen LogP contribution is 2.29. The van der Waals surface area contributed by atoms with Crippen molar-refractivity contribution in [2.24, 2.45) is 0 Å². The van der Waals surface area contributed by atoms with Crippen molar-refractivity contribution in [3.05, 3.63) is 77.0 Å². The van der Waals surface area contributed by atoms with Crippen molar-refractivity contribution < 1.29 is 18.7 Å². The van der Waals surface area contributed by atoms with Gasteiger partial charge in [-0.1, -0.05) is 18.2 Å². The third kappa shape index (κ3) is 5.35. The van der Waals surface area contributed by atoms with E-state index in [4.69, 9.17) is 19.4 Å². The van der Waals surface area contributed by atoms with Crippen LogP contribution in [0.4, 0.5) is 20.7 Å². The van der Waals surface area contributed by atoms with Crippen molar-refractivity contribution in [2.75, 3.05) is 50.2 Å². The zero-order valence-electron chi connectivity index (χ0n) is 19.7. The summed E-state index contributed by atoms with van der Waals surface area (Å²) in [5.74, 6) is 1.90. The Labute approximate surface area is 203 Å². The number of hydrogen-bond donors (Lipinski definition) is 1. The Bertz CT molecular complexity index is 1220. The number of fused-ring (bicyclic) bond motifs is 1. The topological polar surface area (TPSA) is 79.8 Å². The molecule has 1 N–H and O–H groups in total. The number of hydrogen-bond acceptors (Lipinski definition) is 6. The lowest BCUT2D eigenvalue weighted by Crippen LogP contribution is -2.42. The van der Waals surface area contributed by atoms with Gasteiger partial charge in [0.2, 0.25) is 0 Å². The number of amides is 2. The van der Waals surface area contributed by atoms with Crippen molar-refractivity contribution in [1.82, 2.24) is 14.9 Å². The van der Waals surface area contributed by atoms with E-state index in [1.165, 1.54) is 12.1 Å². The van der Waals surface area contributed by atoms with Crippen LogP contribution in [0.3, 0.4) is 0 Å². The maximum atomic E-state index is 13.7. The van der Waals surface area contributed by atoms with Crippen molar-refractivity contribution in [1.29, 1.82) is 0 Å². The van der Waals surface area contributed by atoms with E-state index >= 15 is 0 Å². The van der Waals surface area contributed by atoms with Gasteiger partial charge in [0, 0.05) is 49.8 Å². The quantitative estimate of drug-likeness (QED) is 0.605. The number of ether oxygens (including phenoxy) is 2. The first-order valence-corrected chi connectivity index (χ1v) is 11.7. The van der Waals surface area contributed by atoms with E-state index in [2.05, 4.69) is 10.2 Å². The fourth-order valence-electron chi connectivity index (χ4n) is 4.47. The molecule has 2 amide bonds. The van der Waals surface area contributed by atoms with Crippen LogP contribution in [-0.2, 0) is 24.1 Å². The highest BCUT2D eigenvalue weighted by molar-refractivity contribution is 5.89. The van der Waals surface area contributed by atoms with Gasteiger partial charge in [0.05, 0.1) is 32.6 Å². The number of carbonyl (C=O) groups is 1. The van der Waals surface area contributed by atoms with Gasteiger partial charge in [-0.25, -0.2) is 19.2 Å². The van der Waals surface area contributed by atoms with Crippen LogP contribution in [0.5, 0.6) is 5.75 Å². The summed E-state index contributed by atoms with van der Waals surface area (Å²) in [6, 6.07) is 13.6. The number of aromatic nitrogens is 2. The fourth-order valence-corrected chi connectivity index (χ4v) is 4.47. The van der Waals surface area contributed by atoms with Crippen molar-refractivity contribution in [3.8, 4) is 5.75 Å². The normalized spacial score (nSPS) is 15.5. The summed E-state index contributed by atoms with van der Waals surface area (Å²) >= 11 is 0. The Kier molecular flexibility index (Phi) is 6.76. The molecule has 2 aliphatic rings. The summed E-state index contributed by atoms with van der Waals surface area (Å²) in [5.41, 5.74) is 3.41. The van der Waals surface area contributed by atoms with Crippen LogP contribution in [-0.4, -0.2) is 60.9 Å². The SMILES string of the molecule is COc1cccc(NC(=O)N2CCc3nc(Cc4cccc(F)c4)nc(N4CCOCC4)c3C2)c1. The predicted molar refractivity (Wildman–Crippen MR) is 130 cm³/mol. The lowest BCUT2D eigenvalue weighted by molar-refractivity contribution is 0.122. The number of carbonyl (C=O) groups excluding carboxylic acids is 1. The lowest BCUT2D eigenvalue weighted by Gasteiger charge is -2.34. The van der Waals surface area contributed by atoms with Crippen LogP contribution in [0.25, 0.3) is 0 Å². The molecule has 1 fully saturated rings. The van der Waals surface area contributed by atoms with Gasteiger partial charge >= 0.3 is 6.03 Å². The lowest BCUT2D eigenvalue weighted by atomic mass is 10.0. The molecule has 1 saturated heterocycles. The first kappa shape index (κ1) is 23.0. The third-order valence-corrected chi connectivity index (χ3v) is 6.25. The average molecular weight is 478 g/mol. The monoisotopic (exact) mass is 477 g/mol. The minimum absolute atomic E-state index is 0.180. The van der Waals surface area contributed by atoms with Crippen LogP contribution in [0.1, 0.15) is 22.6 Å². The van der Waals surface area contributed by atoms with Crippen LogP contribution in [0.2, 0.25) is 0 Å². The van der Waals surface area contributed by atoms with Crippen molar-refractivity contribution in [3.63, 3.8) is 0 Å². The maximum absolute atomic E-state index is 13.7. The Balaban J connectivity index is 1.40. The number of halogens is 1. The molecular formula is C26H28FN5O3. The predicted octanol–water partition coefficient (Wildman–Crippen LogP) is 3.64. The number of benzene rings is 2. The van der Waals surface area contributed by atoms with Gasteiger partial charge in [-0.2, -0.15) is 0 Å². The van der Waals surface area contributed by atoms with E-state index in [1.807, 2.05) is 24.3 Å². The highest BCUT2D eigenvalue weighted by Gasteiger charge is 2.28. The van der Waals surface area contributed by atoms with Crippen molar-refractivity contribution >= 4 is 17.5 Å². The number of urea groups is 1. The number of morpholine rings is 1. The van der Waals surface area contributed by atoms with Gasteiger partial charge in [-0.3, -0.25) is 0 Å². The van der Waals surface area contributed by atoms with E-state index in [0.29, 0.717) is 56.4 Å². The number of anilines is 2. The standard InChI is InChI=1S/C26H28FN5O3/c1-34-21-7-3-6-20(16-21)28-26(33)32-9-8-23-22(17-32)25(31-10-12-35-13-11-31)30-24(29-23)15-18-4-2-5-19(27)14-18/h2-7,14,16H,8-13,15,17H2,1H3,(H,28,33). The number of methoxy groups -OCH3 is 1. The first-order valence-electron chi connectivity index (χ1n) is 11.7. The van der Waals surface area contributed by atoms with Gasteiger partial charge in [0.25, 0.3) is 0 Å². The Morgan fingerprint density at radius 1 is 1.11 bits per heavy atom. The zero-order valence-corrected chi connectivity index (χ0v) is 19.7. The molecule has 9 heteroatoms. The molecular weight excluding hydrogens is 449 g/mol. The molecule has 0 atom stereocenters. The molecule has 35 heavy (non-hydrogen) atoms. The number of rotatable bonds is 5. The number of nitrogens with one attached hydrogen (secondary N) is 1.